The molecule has 0 aliphatic rings. The van der Waals surface area contributed by atoms with E-state index in [4.69, 9.17) is 23.2 Å². The van der Waals surface area contributed by atoms with Crippen molar-refractivity contribution >= 4 is 23.2 Å². The van der Waals surface area contributed by atoms with Crippen LogP contribution in [0.2, 0.25) is 10.0 Å². The van der Waals surface area contributed by atoms with E-state index in [-0.39, 0.29) is 43.4 Å². The second kappa shape index (κ2) is 10.2. The van der Waals surface area contributed by atoms with Crippen molar-refractivity contribution in [3.63, 3.8) is 0 Å². The molecule has 2 aromatic carbocycles. The molecule has 70 valence electrons. The van der Waals surface area contributed by atoms with Gasteiger partial charge in [0.1, 0.15) is 0 Å². The van der Waals surface area contributed by atoms with Gasteiger partial charge in [0.05, 0.1) is 0 Å². The van der Waals surface area contributed by atoms with Gasteiger partial charge in [0.15, 0.2) is 0 Å². The fraction of sp³-hybridized carbons (Fsp3) is 0. The summed E-state index contributed by atoms with van der Waals surface area (Å²) in [4.78, 5) is 0. The first-order valence-electron chi connectivity index (χ1n) is 3.53. The second-order valence-electron chi connectivity index (χ2n) is 2.21. The van der Waals surface area contributed by atoms with Gasteiger partial charge in [0, 0.05) is 21.7 Å². The Morgan fingerprint density at radius 1 is 0.857 bits per heavy atom. The molecule has 0 aliphatic heterocycles. The van der Waals surface area contributed by atoms with Crippen molar-refractivity contribution in [2.45, 2.75) is 0 Å². The quantitative estimate of drug-likeness (QED) is 0.507. The summed E-state index contributed by atoms with van der Waals surface area (Å²) in [6, 6.07) is 15.0. The van der Waals surface area contributed by atoms with Gasteiger partial charge in [-0.25, -0.2) is 12.1 Å². The summed E-state index contributed by atoms with van der Waals surface area (Å²) in [7, 11) is 0. The summed E-state index contributed by atoms with van der Waals surface area (Å²) in [5, 5.41) is 1.63. The Labute approximate surface area is 124 Å². The molecule has 2 aromatic rings. The minimum Gasteiger partial charge on any atom is -0.212 e. The van der Waals surface area contributed by atoms with Crippen molar-refractivity contribution in [3.05, 3.63) is 58.6 Å². The minimum absolute atomic E-state index is 0. The fourth-order valence-electron chi connectivity index (χ4n) is 0.701. The van der Waals surface area contributed by atoms with Crippen molar-refractivity contribution in [2.75, 3.05) is 0 Å². The molecule has 4 heteroatoms. The van der Waals surface area contributed by atoms with E-state index in [2.05, 4.69) is 0 Å². The van der Waals surface area contributed by atoms with E-state index in [1.54, 1.807) is 0 Å². The van der Waals surface area contributed by atoms with Crippen molar-refractivity contribution in [2.24, 2.45) is 0 Å². The average Bonchev–Trinajstić information content (AvgIpc) is 2.63. The van der Waals surface area contributed by atoms with Crippen LogP contribution in [0.1, 0.15) is 0 Å². The van der Waals surface area contributed by atoms with Crippen LogP contribution in [0.3, 0.4) is 0 Å². The molecule has 0 radical (unpaired) electrons. The molecular weight excluding hydrogens is 287 g/mol. The van der Waals surface area contributed by atoms with E-state index < -0.39 is 0 Å². The Morgan fingerprint density at radius 3 is 1.29 bits per heavy atom. The maximum Gasteiger partial charge on any atom is 2.00 e. The summed E-state index contributed by atoms with van der Waals surface area (Å²) in [6.45, 7) is 0. The van der Waals surface area contributed by atoms with Crippen LogP contribution >= 0.6 is 23.2 Å². The van der Waals surface area contributed by atoms with Crippen LogP contribution in [0.4, 0.5) is 0 Å². The van der Waals surface area contributed by atoms with Crippen LogP contribution in [0.25, 0.3) is 0 Å². The summed E-state index contributed by atoms with van der Waals surface area (Å²) < 4.78 is 0. The summed E-state index contributed by atoms with van der Waals surface area (Å²) in [5.74, 6) is 0. The van der Waals surface area contributed by atoms with Gasteiger partial charge in [-0.1, -0.05) is 10.0 Å². The van der Waals surface area contributed by atoms with Gasteiger partial charge in [0.25, 0.3) is 0 Å². The van der Waals surface area contributed by atoms with Crippen LogP contribution in [0, 0.1) is 0 Å². The molecule has 0 spiro atoms. The van der Waals surface area contributed by atoms with Crippen LogP contribution in [-0.2, 0) is 43.4 Å². The zero-order valence-electron chi connectivity index (χ0n) is 7.37. The molecular formula is C10H8Cl2Ti2. The van der Waals surface area contributed by atoms with Gasteiger partial charge in [-0.2, -0.15) is 36.4 Å². The molecule has 14 heavy (non-hydrogen) atoms. The molecule has 0 heterocycles. The van der Waals surface area contributed by atoms with Crippen molar-refractivity contribution in [3.8, 4) is 0 Å². The SMILES string of the molecule is Clc1ccc[cH-]1.Clc1ccc[cH-]1.[Ti+2].[Ti]. The van der Waals surface area contributed by atoms with Crippen LogP contribution < -0.4 is 0 Å². The molecule has 0 fully saturated rings. The predicted molar refractivity (Wildman–Crippen MR) is 54.1 cm³/mol. The zero-order chi connectivity index (χ0) is 8.81. The summed E-state index contributed by atoms with van der Waals surface area (Å²) >= 11 is 10.9. The van der Waals surface area contributed by atoms with Gasteiger partial charge < -0.3 is 0 Å². The molecule has 0 amide bonds. The predicted octanol–water partition coefficient (Wildman–Crippen LogP) is 4.11. The van der Waals surface area contributed by atoms with E-state index in [1.165, 1.54) is 0 Å². The van der Waals surface area contributed by atoms with Crippen LogP contribution in [0.15, 0.2) is 48.5 Å². The van der Waals surface area contributed by atoms with E-state index >= 15 is 0 Å². The average molecular weight is 295 g/mol. The Kier molecular flexibility index (Phi) is 12.5. The van der Waals surface area contributed by atoms with E-state index in [1.807, 2.05) is 48.5 Å². The molecule has 0 saturated heterocycles. The second-order valence-corrected chi connectivity index (χ2v) is 3.08. The van der Waals surface area contributed by atoms with Gasteiger partial charge in [0.2, 0.25) is 0 Å². The molecule has 0 N–H and O–H groups in total. The fourth-order valence-corrected chi connectivity index (χ4v) is 0.992. The van der Waals surface area contributed by atoms with Crippen LogP contribution in [0.5, 0.6) is 0 Å². The maximum absolute atomic E-state index is 5.46. The normalized spacial score (nSPS) is 7.57. The standard InChI is InChI=1S/2C5H4Cl.2Ti/c2*6-5-3-1-2-4-5;;/h2*1-4H;;/q2*-1;;+2. The topological polar surface area (TPSA) is 0 Å². The van der Waals surface area contributed by atoms with Gasteiger partial charge in [-0.05, 0) is 0 Å². The van der Waals surface area contributed by atoms with E-state index in [0.717, 1.165) is 10.0 Å². The van der Waals surface area contributed by atoms with Crippen LogP contribution in [-0.4, -0.2) is 0 Å². The molecule has 0 unspecified atom stereocenters. The number of halogens is 2. The van der Waals surface area contributed by atoms with Gasteiger partial charge in [-0.15, -0.1) is 23.2 Å². The van der Waals surface area contributed by atoms with E-state index in [9.17, 15) is 0 Å². The molecule has 0 aromatic heterocycles. The van der Waals surface area contributed by atoms with Gasteiger partial charge >= 0.3 is 21.7 Å². The third-order valence-corrected chi connectivity index (χ3v) is 1.75. The Bertz CT molecular complexity index is 256. The molecule has 0 atom stereocenters. The number of hydrogen-bond donors (Lipinski definition) is 0. The molecule has 0 bridgehead atoms. The smallest absolute Gasteiger partial charge is 0.212 e. The molecule has 0 nitrogen and oxygen atoms in total. The molecule has 2 rings (SSSR count). The molecule has 0 saturated carbocycles. The summed E-state index contributed by atoms with van der Waals surface area (Å²) in [5.41, 5.74) is 0. The number of hydrogen-bond acceptors (Lipinski definition) is 0. The van der Waals surface area contributed by atoms with Crippen molar-refractivity contribution < 1.29 is 43.4 Å². The third-order valence-electron chi connectivity index (χ3n) is 1.24. The monoisotopic (exact) mass is 294 g/mol. The van der Waals surface area contributed by atoms with Crippen molar-refractivity contribution in [1.82, 2.24) is 0 Å². The van der Waals surface area contributed by atoms with Crippen molar-refractivity contribution in [1.29, 1.82) is 0 Å². The zero-order valence-corrected chi connectivity index (χ0v) is 12.0. The Balaban J connectivity index is 0. The minimum atomic E-state index is 0. The largest absolute Gasteiger partial charge is 2.00 e. The van der Waals surface area contributed by atoms with Gasteiger partial charge in [-0.3, -0.25) is 0 Å². The summed E-state index contributed by atoms with van der Waals surface area (Å²) in [6.07, 6.45) is 0. The first-order valence-corrected chi connectivity index (χ1v) is 4.29. The Hall–Kier alpha value is 0.709. The van der Waals surface area contributed by atoms with E-state index in [0.29, 0.717) is 0 Å². The Morgan fingerprint density at radius 2 is 1.21 bits per heavy atom. The first-order chi connectivity index (χ1) is 5.79. The third kappa shape index (κ3) is 8.05. The molecule has 0 aliphatic carbocycles. The number of rotatable bonds is 0. The first kappa shape index (κ1) is 17.1. The maximum atomic E-state index is 5.46.